The van der Waals surface area contributed by atoms with Gasteiger partial charge in [0.25, 0.3) is 0 Å². The lowest BCUT2D eigenvalue weighted by Crippen LogP contribution is -1.96. The van der Waals surface area contributed by atoms with E-state index >= 15 is 0 Å². The lowest BCUT2D eigenvalue weighted by Gasteiger charge is -1.99. The second kappa shape index (κ2) is 4.86. The smallest absolute Gasteiger partial charge is 0.336 e. The zero-order valence-corrected chi connectivity index (χ0v) is 13.3. The van der Waals surface area contributed by atoms with Gasteiger partial charge < -0.3 is 20.2 Å². The fourth-order valence-electron chi connectivity index (χ4n) is 3.80. The van der Waals surface area contributed by atoms with Crippen LogP contribution in [-0.4, -0.2) is 32.1 Å². The van der Waals surface area contributed by atoms with Crippen molar-refractivity contribution < 1.29 is 19.8 Å². The van der Waals surface area contributed by atoms with Crippen molar-refractivity contribution in [2.24, 2.45) is 0 Å². The van der Waals surface area contributed by atoms with E-state index in [0.29, 0.717) is 10.8 Å². The Morgan fingerprint density at radius 3 is 1.46 bits per heavy atom. The van der Waals surface area contributed by atoms with Crippen LogP contribution < -0.4 is 0 Å². The third-order valence-electron chi connectivity index (χ3n) is 4.85. The van der Waals surface area contributed by atoms with E-state index in [4.69, 9.17) is 0 Å². The van der Waals surface area contributed by atoms with Crippen LogP contribution in [0.25, 0.3) is 43.6 Å². The molecule has 5 rings (SSSR count). The minimum atomic E-state index is -0.985. The highest BCUT2D eigenvalue weighted by atomic mass is 16.4. The van der Waals surface area contributed by atoms with E-state index in [0.717, 1.165) is 32.8 Å². The number of hydrogen-bond donors (Lipinski definition) is 4. The van der Waals surface area contributed by atoms with Gasteiger partial charge in [-0.05, 0) is 24.3 Å². The average molecular weight is 344 g/mol. The molecule has 126 valence electrons. The maximum Gasteiger partial charge on any atom is 0.336 e. The highest BCUT2D eigenvalue weighted by Gasteiger charge is 2.18. The van der Waals surface area contributed by atoms with Gasteiger partial charge >= 0.3 is 11.9 Å². The molecule has 5 aromatic rings. The Labute approximate surface area is 145 Å². The highest BCUT2D eigenvalue weighted by molar-refractivity contribution is 6.26. The number of aromatic carboxylic acids is 2. The fraction of sp³-hybridized carbons (Fsp3) is 0. The molecule has 0 spiro atoms. The molecule has 0 saturated carbocycles. The van der Waals surface area contributed by atoms with Gasteiger partial charge in [-0.1, -0.05) is 24.3 Å². The van der Waals surface area contributed by atoms with E-state index in [9.17, 15) is 19.8 Å². The quantitative estimate of drug-likeness (QED) is 0.382. The second-order valence-electron chi connectivity index (χ2n) is 6.23. The molecule has 2 heterocycles. The lowest BCUT2D eigenvalue weighted by molar-refractivity contribution is 0.0688. The van der Waals surface area contributed by atoms with E-state index in [1.165, 1.54) is 0 Å². The first-order valence-corrected chi connectivity index (χ1v) is 8.00. The molecule has 6 nitrogen and oxygen atoms in total. The Morgan fingerprint density at radius 2 is 1.08 bits per heavy atom. The number of rotatable bonds is 2. The summed E-state index contributed by atoms with van der Waals surface area (Å²) in [4.78, 5) is 29.8. The number of nitrogens with one attached hydrogen (secondary N) is 2. The molecular formula is C20H12N2O4. The molecule has 26 heavy (non-hydrogen) atoms. The first kappa shape index (κ1) is 14.5. The van der Waals surface area contributed by atoms with Crippen molar-refractivity contribution in [3.63, 3.8) is 0 Å². The maximum atomic E-state index is 11.6. The normalized spacial score (nSPS) is 11.7. The molecule has 0 atom stereocenters. The van der Waals surface area contributed by atoms with E-state index in [1.54, 1.807) is 24.3 Å². The molecule has 3 aromatic carbocycles. The van der Waals surface area contributed by atoms with Gasteiger partial charge in [-0.2, -0.15) is 0 Å². The van der Waals surface area contributed by atoms with E-state index in [1.807, 2.05) is 24.3 Å². The molecule has 0 unspecified atom stereocenters. The lowest BCUT2D eigenvalue weighted by atomic mass is 10.0. The van der Waals surface area contributed by atoms with E-state index in [2.05, 4.69) is 9.97 Å². The Morgan fingerprint density at radius 1 is 0.654 bits per heavy atom. The van der Waals surface area contributed by atoms with Crippen molar-refractivity contribution in [1.29, 1.82) is 0 Å². The second-order valence-corrected chi connectivity index (χ2v) is 6.23. The van der Waals surface area contributed by atoms with Gasteiger partial charge in [0, 0.05) is 32.6 Å². The van der Waals surface area contributed by atoms with Gasteiger partial charge in [0.1, 0.15) is 0 Å². The van der Waals surface area contributed by atoms with Crippen LogP contribution in [0.5, 0.6) is 0 Å². The fourth-order valence-corrected chi connectivity index (χ4v) is 3.80. The third-order valence-corrected chi connectivity index (χ3v) is 4.85. The van der Waals surface area contributed by atoms with Crippen LogP contribution in [0.3, 0.4) is 0 Å². The molecule has 0 bridgehead atoms. The standard InChI is InChI=1S/C20H12N2O4/c23-19(24)11-3-1-5-13-15(11)9-7-8-10-16-12(20(25)26)4-2-6-14(16)22-18(10)17(9)21-13/h1-8,21-22H,(H,23,24)(H,25,26). The number of aromatic amines is 2. The monoisotopic (exact) mass is 344 g/mol. The van der Waals surface area contributed by atoms with Crippen molar-refractivity contribution in [2.75, 3.05) is 0 Å². The van der Waals surface area contributed by atoms with Gasteiger partial charge in [0.05, 0.1) is 22.2 Å². The SMILES string of the molecule is O=C(O)c1cccc2[nH]c3c(ccc4c3[nH]c3cccc(C(=O)O)c34)c12. The summed E-state index contributed by atoms with van der Waals surface area (Å²) >= 11 is 0. The summed E-state index contributed by atoms with van der Waals surface area (Å²) < 4.78 is 0. The van der Waals surface area contributed by atoms with Crippen LogP contribution >= 0.6 is 0 Å². The van der Waals surface area contributed by atoms with Crippen molar-refractivity contribution in [3.8, 4) is 0 Å². The first-order valence-electron chi connectivity index (χ1n) is 8.00. The van der Waals surface area contributed by atoms with Gasteiger partial charge in [-0.25, -0.2) is 9.59 Å². The zero-order chi connectivity index (χ0) is 18.0. The number of carbonyl (C=O) groups is 2. The summed E-state index contributed by atoms with van der Waals surface area (Å²) in [5, 5.41) is 21.9. The van der Waals surface area contributed by atoms with Crippen LogP contribution in [0.4, 0.5) is 0 Å². The minimum absolute atomic E-state index is 0.232. The van der Waals surface area contributed by atoms with Crippen LogP contribution in [0.15, 0.2) is 48.5 Å². The largest absolute Gasteiger partial charge is 0.478 e. The molecule has 0 saturated heterocycles. The molecule has 0 fully saturated rings. The number of benzene rings is 3. The van der Waals surface area contributed by atoms with Crippen molar-refractivity contribution in [2.45, 2.75) is 0 Å². The topological polar surface area (TPSA) is 106 Å². The predicted octanol–water partition coefficient (Wildman–Crippen LogP) is 4.35. The molecule has 0 aliphatic heterocycles. The van der Waals surface area contributed by atoms with Crippen molar-refractivity contribution in [3.05, 3.63) is 59.7 Å². The van der Waals surface area contributed by atoms with E-state index in [-0.39, 0.29) is 11.1 Å². The highest BCUT2D eigenvalue weighted by Crippen LogP contribution is 2.36. The number of carboxylic acid groups (broad SMARTS) is 2. The number of H-pyrrole nitrogens is 2. The average Bonchev–Trinajstić information content (AvgIpc) is 3.18. The zero-order valence-electron chi connectivity index (χ0n) is 13.3. The van der Waals surface area contributed by atoms with Gasteiger partial charge in [-0.15, -0.1) is 0 Å². The Bertz CT molecular complexity index is 1280. The molecule has 0 amide bonds. The van der Waals surface area contributed by atoms with Crippen LogP contribution in [0.1, 0.15) is 20.7 Å². The molecule has 0 aliphatic carbocycles. The van der Waals surface area contributed by atoms with Crippen molar-refractivity contribution >= 4 is 55.6 Å². The summed E-state index contributed by atoms with van der Waals surface area (Å²) in [5.41, 5.74) is 3.44. The Balaban J connectivity index is 2.01. The van der Waals surface area contributed by atoms with E-state index < -0.39 is 11.9 Å². The summed E-state index contributed by atoms with van der Waals surface area (Å²) in [5.74, 6) is -1.97. The summed E-state index contributed by atoms with van der Waals surface area (Å²) in [6, 6.07) is 13.9. The summed E-state index contributed by atoms with van der Waals surface area (Å²) in [7, 11) is 0. The van der Waals surface area contributed by atoms with Gasteiger partial charge in [0.15, 0.2) is 0 Å². The Kier molecular flexibility index (Phi) is 2.72. The number of aromatic nitrogens is 2. The number of hydrogen-bond acceptors (Lipinski definition) is 2. The Hall–Kier alpha value is -3.80. The van der Waals surface area contributed by atoms with Crippen LogP contribution in [0.2, 0.25) is 0 Å². The molecule has 0 aliphatic rings. The van der Waals surface area contributed by atoms with Crippen LogP contribution in [-0.2, 0) is 0 Å². The molecular weight excluding hydrogens is 332 g/mol. The van der Waals surface area contributed by atoms with Crippen molar-refractivity contribution in [1.82, 2.24) is 9.97 Å². The first-order chi connectivity index (χ1) is 12.6. The molecule has 6 heteroatoms. The molecule has 0 radical (unpaired) electrons. The number of carboxylic acids is 2. The van der Waals surface area contributed by atoms with Gasteiger partial charge in [0.2, 0.25) is 0 Å². The maximum absolute atomic E-state index is 11.6. The van der Waals surface area contributed by atoms with Crippen LogP contribution in [0, 0.1) is 0 Å². The minimum Gasteiger partial charge on any atom is -0.478 e. The molecule has 4 N–H and O–H groups in total. The van der Waals surface area contributed by atoms with Gasteiger partial charge in [-0.3, -0.25) is 0 Å². The predicted molar refractivity (Wildman–Crippen MR) is 99.1 cm³/mol. The molecule has 2 aromatic heterocycles. The number of fused-ring (bicyclic) bond motifs is 7. The summed E-state index contributed by atoms with van der Waals surface area (Å²) in [6.45, 7) is 0. The third kappa shape index (κ3) is 1.75. The summed E-state index contributed by atoms with van der Waals surface area (Å²) in [6.07, 6.45) is 0.